The molecule has 1 atom stereocenters. The molecule has 0 saturated carbocycles. The molecule has 2 rings (SSSR count). The van der Waals surface area contributed by atoms with E-state index in [0.29, 0.717) is 13.0 Å². The van der Waals surface area contributed by atoms with Crippen molar-refractivity contribution in [1.82, 2.24) is 4.90 Å². The SMILES string of the molecule is CCCCCC(=O)Nc1cccc(CN2CCCC2C(N)=O)c1. The number of primary amides is 1. The molecule has 5 nitrogen and oxygen atoms in total. The number of unbranched alkanes of at least 4 members (excludes halogenated alkanes) is 2. The summed E-state index contributed by atoms with van der Waals surface area (Å²) in [7, 11) is 0. The molecule has 1 aromatic carbocycles. The molecule has 23 heavy (non-hydrogen) atoms. The van der Waals surface area contributed by atoms with Crippen LogP contribution in [0.2, 0.25) is 0 Å². The van der Waals surface area contributed by atoms with Crippen molar-refractivity contribution in [2.75, 3.05) is 11.9 Å². The lowest BCUT2D eigenvalue weighted by Gasteiger charge is -2.22. The molecule has 1 aliphatic rings. The van der Waals surface area contributed by atoms with Crippen LogP contribution in [0.1, 0.15) is 51.0 Å². The summed E-state index contributed by atoms with van der Waals surface area (Å²) in [5.74, 6) is -0.185. The maximum atomic E-state index is 11.9. The largest absolute Gasteiger partial charge is 0.368 e. The fourth-order valence-corrected chi connectivity index (χ4v) is 3.08. The number of likely N-dealkylation sites (tertiary alicyclic amines) is 1. The van der Waals surface area contributed by atoms with E-state index in [9.17, 15) is 9.59 Å². The quantitative estimate of drug-likeness (QED) is 0.724. The zero-order valence-corrected chi connectivity index (χ0v) is 13.9. The van der Waals surface area contributed by atoms with Crippen molar-refractivity contribution in [2.45, 2.75) is 58.0 Å². The van der Waals surface area contributed by atoms with Crippen LogP contribution < -0.4 is 11.1 Å². The lowest BCUT2D eigenvalue weighted by Crippen LogP contribution is -2.39. The zero-order chi connectivity index (χ0) is 16.7. The Hall–Kier alpha value is -1.88. The van der Waals surface area contributed by atoms with E-state index >= 15 is 0 Å². The fourth-order valence-electron chi connectivity index (χ4n) is 3.08. The van der Waals surface area contributed by atoms with Crippen LogP contribution in [-0.2, 0) is 16.1 Å². The first kappa shape index (κ1) is 17.5. The number of amides is 2. The van der Waals surface area contributed by atoms with Crippen LogP contribution in [-0.4, -0.2) is 29.3 Å². The average Bonchev–Trinajstić information content (AvgIpc) is 2.96. The van der Waals surface area contributed by atoms with E-state index in [1.807, 2.05) is 24.3 Å². The van der Waals surface area contributed by atoms with E-state index in [1.165, 1.54) is 0 Å². The highest BCUT2D eigenvalue weighted by Crippen LogP contribution is 2.21. The van der Waals surface area contributed by atoms with Gasteiger partial charge in [0, 0.05) is 18.7 Å². The molecular weight excluding hydrogens is 290 g/mol. The normalized spacial score (nSPS) is 18.0. The van der Waals surface area contributed by atoms with E-state index in [-0.39, 0.29) is 17.9 Å². The number of hydrogen-bond acceptors (Lipinski definition) is 3. The molecular formula is C18H27N3O2. The minimum atomic E-state index is -0.247. The number of rotatable bonds is 8. The maximum Gasteiger partial charge on any atom is 0.234 e. The second-order valence-electron chi connectivity index (χ2n) is 6.24. The van der Waals surface area contributed by atoms with E-state index in [0.717, 1.165) is 49.9 Å². The number of nitrogens with one attached hydrogen (secondary N) is 1. The summed E-state index contributed by atoms with van der Waals surface area (Å²) in [5, 5.41) is 2.95. The number of anilines is 1. The zero-order valence-electron chi connectivity index (χ0n) is 13.9. The van der Waals surface area contributed by atoms with Crippen molar-refractivity contribution in [3.05, 3.63) is 29.8 Å². The first-order valence-corrected chi connectivity index (χ1v) is 8.52. The van der Waals surface area contributed by atoms with Gasteiger partial charge in [-0.3, -0.25) is 14.5 Å². The molecule has 0 bridgehead atoms. The van der Waals surface area contributed by atoms with Gasteiger partial charge in [0.1, 0.15) is 0 Å². The monoisotopic (exact) mass is 317 g/mol. The number of carbonyl (C=O) groups is 2. The molecule has 1 unspecified atom stereocenters. The van der Waals surface area contributed by atoms with Crippen molar-refractivity contribution in [3.63, 3.8) is 0 Å². The number of hydrogen-bond donors (Lipinski definition) is 2. The summed E-state index contributed by atoms with van der Waals surface area (Å²) in [6.45, 7) is 3.70. The van der Waals surface area contributed by atoms with Crippen LogP contribution in [0.25, 0.3) is 0 Å². The van der Waals surface area contributed by atoms with Crippen molar-refractivity contribution in [3.8, 4) is 0 Å². The van der Waals surface area contributed by atoms with Gasteiger partial charge in [-0.1, -0.05) is 31.9 Å². The van der Waals surface area contributed by atoms with Crippen LogP contribution in [0, 0.1) is 0 Å². The summed E-state index contributed by atoms with van der Waals surface area (Å²) in [6, 6.07) is 7.67. The summed E-state index contributed by atoms with van der Waals surface area (Å²) in [5.41, 5.74) is 7.36. The van der Waals surface area contributed by atoms with Gasteiger partial charge in [-0.05, 0) is 43.5 Å². The second kappa shape index (κ2) is 8.67. The lowest BCUT2D eigenvalue weighted by molar-refractivity contribution is -0.122. The van der Waals surface area contributed by atoms with E-state index in [2.05, 4.69) is 17.1 Å². The maximum absolute atomic E-state index is 11.9. The first-order chi connectivity index (χ1) is 11.1. The van der Waals surface area contributed by atoms with Crippen molar-refractivity contribution in [1.29, 1.82) is 0 Å². The van der Waals surface area contributed by atoms with Gasteiger partial charge >= 0.3 is 0 Å². The molecule has 1 heterocycles. The molecule has 126 valence electrons. The molecule has 0 radical (unpaired) electrons. The molecule has 0 spiro atoms. The molecule has 1 aliphatic heterocycles. The third kappa shape index (κ3) is 5.36. The molecule has 0 aromatic heterocycles. The Bertz CT molecular complexity index is 545. The molecule has 3 N–H and O–H groups in total. The second-order valence-corrected chi connectivity index (χ2v) is 6.24. The van der Waals surface area contributed by atoms with E-state index in [1.54, 1.807) is 0 Å². The van der Waals surface area contributed by atoms with Gasteiger partial charge in [-0.15, -0.1) is 0 Å². The van der Waals surface area contributed by atoms with Gasteiger partial charge in [-0.25, -0.2) is 0 Å². The lowest BCUT2D eigenvalue weighted by atomic mass is 10.1. The summed E-state index contributed by atoms with van der Waals surface area (Å²) in [6.07, 6.45) is 5.52. The van der Waals surface area contributed by atoms with Crippen LogP contribution in [0.4, 0.5) is 5.69 Å². The predicted octanol–water partition coefficient (Wildman–Crippen LogP) is 2.66. The fraction of sp³-hybridized carbons (Fsp3) is 0.556. The Balaban J connectivity index is 1.92. The first-order valence-electron chi connectivity index (χ1n) is 8.52. The Morgan fingerprint density at radius 2 is 2.17 bits per heavy atom. The van der Waals surface area contributed by atoms with Crippen molar-refractivity contribution < 1.29 is 9.59 Å². The smallest absolute Gasteiger partial charge is 0.234 e. The third-order valence-electron chi connectivity index (χ3n) is 4.30. The highest BCUT2D eigenvalue weighted by atomic mass is 16.2. The number of carbonyl (C=O) groups excluding carboxylic acids is 2. The standard InChI is InChI=1S/C18H27N3O2/c1-2-3-4-10-17(22)20-15-8-5-7-14(12-15)13-21-11-6-9-16(21)18(19)23/h5,7-8,12,16H,2-4,6,9-11,13H2,1H3,(H2,19,23)(H,20,22). The van der Waals surface area contributed by atoms with Crippen molar-refractivity contribution in [2.24, 2.45) is 5.73 Å². The number of benzene rings is 1. The van der Waals surface area contributed by atoms with Crippen LogP contribution in [0.5, 0.6) is 0 Å². The summed E-state index contributed by atoms with van der Waals surface area (Å²) < 4.78 is 0. The topological polar surface area (TPSA) is 75.4 Å². The minimum absolute atomic E-state index is 0.0618. The van der Waals surface area contributed by atoms with Gasteiger partial charge in [0.05, 0.1) is 6.04 Å². The molecule has 0 aliphatic carbocycles. The van der Waals surface area contributed by atoms with Gasteiger partial charge < -0.3 is 11.1 Å². The Labute approximate surface area is 138 Å². The molecule has 2 amide bonds. The molecule has 1 aromatic rings. The van der Waals surface area contributed by atoms with Crippen LogP contribution in [0.3, 0.4) is 0 Å². The third-order valence-corrected chi connectivity index (χ3v) is 4.30. The van der Waals surface area contributed by atoms with Crippen LogP contribution in [0.15, 0.2) is 24.3 Å². The molecule has 1 saturated heterocycles. The molecule has 5 heteroatoms. The van der Waals surface area contributed by atoms with Gasteiger partial charge in [0.15, 0.2) is 0 Å². The van der Waals surface area contributed by atoms with E-state index in [4.69, 9.17) is 5.73 Å². The average molecular weight is 317 g/mol. The predicted molar refractivity (Wildman–Crippen MR) is 91.8 cm³/mol. The van der Waals surface area contributed by atoms with E-state index < -0.39 is 0 Å². The minimum Gasteiger partial charge on any atom is -0.368 e. The highest BCUT2D eigenvalue weighted by Gasteiger charge is 2.28. The van der Waals surface area contributed by atoms with Crippen molar-refractivity contribution >= 4 is 17.5 Å². The van der Waals surface area contributed by atoms with Gasteiger partial charge in [0.2, 0.25) is 11.8 Å². The summed E-state index contributed by atoms with van der Waals surface area (Å²) >= 11 is 0. The Morgan fingerprint density at radius 3 is 2.91 bits per heavy atom. The number of nitrogens with two attached hydrogens (primary N) is 1. The Morgan fingerprint density at radius 1 is 1.35 bits per heavy atom. The summed E-state index contributed by atoms with van der Waals surface area (Å²) in [4.78, 5) is 25.5. The Kier molecular flexibility index (Phi) is 6.59. The van der Waals surface area contributed by atoms with Crippen LogP contribution >= 0.6 is 0 Å². The highest BCUT2D eigenvalue weighted by molar-refractivity contribution is 5.90. The number of nitrogens with zero attached hydrogens (tertiary/aromatic N) is 1. The molecule has 1 fully saturated rings. The van der Waals surface area contributed by atoms with Gasteiger partial charge in [0.25, 0.3) is 0 Å². The van der Waals surface area contributed by atoms with Gasteiger partial charge in [-0.2, -0.15) is 0 Å².